The Morgan fingerprint density at radius 2 is 0.855 bits per heavy atom. The van der Waals surface area contributed by atoms with Gasteiger partial charge in [-0.25, -0.2) is 0 Å². The summed E-state index contributed by atoms with van der Waals surface area (Å²) in [5.74, 6) is 0.775. The molecule has 7 heteroatoms. The number of hydrogen-bond donors (Lipinski definition) is 0. The van der Waals surface area contributed by atoms with Crippen LogP contribution < -0.4 is 4.74 Å². The average Bonchev–Trinajstić information content (AvgIpc) is 3.26. The topological polar surface area (TPSA) is 64.6 Å². The molecule has 6 aromatic rings. The summed E-state index contributed by atoms with van der Waals surface area (Å²) in [5, 5.41) is 0. The SMILES string of the molecule is COc1ccc(CO[C@H]2[C@H](OCc3ccccc3)[C@@H](OCc3ccccc3)[C@@H](OC)O[C@@H]2COC(c2ccccc2)(c2ccccc2)c2ccccc2)cc1. The van der Waals surface area contributed by atoms with Crippen LogP contribution in [0.3, 0.4) is 0 Å². The summed E-state index contributed by atoms with van der Waals surface area (Å²) in [4.78, 5) is 0. The Morgan fingerprint density at radius 3 is 1.29 bits per heavy atom. The van der Waals surface area contributed by atoms with Crippen LogP contribution in [0.15, 0.2) is 176 Å². The number of methoxy groups -OCH3 is 2. The van der Waals surface area contributed by atoms with Gasteiger partial charge in [0, 0.05) is 7.11 Å². The Kier molecular flexibility index (Phi) is 13.2. The maximum atomic E-state index is 7.34. The van der Waals surface area contributed by atoms with Crippen molar-refractivity contribution in [1.82, 2.24) is 0 Å². The zero-order valence-corrected chi connectivity index (χ0v) is 31.3. The van der Waals surface area contributed by atoms with Gasteiger partial charge in [0.2, 0.25) is 0 Å². The van der Waals surface area contributed by atoms with E-state index >= 15 is 0 Å². The fourth-order valence-electron chi connectivity index (χ4n) is 7.19. The molecule has 0 bridgehead atoms. The summed E-state index contributed by atoms with van der Waals surface area (Å²) in [5.41, 5.74) is 5.03. The van der Waals surface area contributed by atoms with Gasteiger partial charge in [-0.05, 0) is 45.5 Å². The van der Waals surface area contributed by atoms with Crippen LogP contribution in [0.2, 0.25) is 0 Å². The Bertz CT molecular complexity index is 1880. The summed E-state index contributed by atoms with van der Waals surface area (Å²) in [6.45, 7) is 1.11. The molecule has 6 aromatic carbocycles. The zero-order chi connectivity index (χ0) is 37.7. The first kappa shape index (κ1) is 38.2. The fraction of sp³-hybridized carbons (Fsp3) is 0.250. The Balaban J connectivity index is 1.27. The molecule has 5 atom stereocenters. The van der Waals surface area contributed by atoms with E-state index in [1.54, 1.807) is 14.2 Å². The largest absolute Gasteiger partial charge is 0.497 e. The molecule has 0 unspecified atom stereocenters. The molecule has 0 aromatic heterocycles. The predicted octanol–water partition coefficient (Wildman–Crippen LogP) is 9.13. The second-order valence-electron chi connectivity index (χ2n) is 13.5. The first-order chi connectivity index (χ1) is 27.2. The molecule has 0 radical (unpaired) electrons. The highest BCUT2D eigenvalue weighted by Crippen LogP contribution is 2.42. The van der Waals surface area contributed by atoms with Crippen LogP contribution in [0.25, 0.3) is 0 Å². The van der Waals surface area contributed by atoms with Gasteiger partial charge in [0.1, 0.15) is 35.8 Å². The third kappa shape index (κ3) is 9.23. The van der Waals surface area contributed by atoms with Gasteiger partial charge >= 0.3 is 0 Å². The molecule has 0 N–H and O–H groups in total. The van der Waals surface area contributed by atoms with E-state index in [2.05, 4.69) is 48.5 Å². The molecule has 1 aliphatic rings. The lowest BCUT2D eigenvalue weighted by atomic mass is 9.80. The maximum Gasteiger partial charge on any atom is 0.186 e. The minimum atomic E-state index is -0.975. The molecule has 282 valence electrons. The lowest BCUT2D eigenvalue weighted by Crippen LogP contribution is -2.62. The van der Waals surface area contributed by atoms with Crippen LogP contribution in [-0.2, 0) is 53.8 Å². The Hall–Kier alpha value is -5.12. The normalized spacial score (nSPS) is 19.9. The Labute approximate surface area is 324 Å². The summed E-state index contributed by atoms with van der Waals surface area (Å²) < 4.78 is 46.1. The molecule has 1 fully saturated rings. The highest BCUT2D eigenvalue weighted by molar-refractivity contribution is 5.47. The molecule has 7 rings (SSSR count). The van der Waals surface area contributed by atoms with Gasteiger partial charge in [0.25, 0.3) is 0 Å². The van der Waals surface area contributed by atoms with Crippen molar-refractivity contribution in [2.24, 2.45) is 0 Å². The van der Waals surface area contributed by atoms with Crippen LogP contribution in [0.1, 0.15) is 33.4 Å². The van der Waals surface area contributed by atoms with E-state index in [9.17, 15) is 0 Å². The summed E-state index contributed by atoms with van der Waals surface area (Å²) in [7, 11) is 3.29. The molecule has 0 spiro atoms. The molecule has 0 saturated carbocycles. The van der Waals surface area contributed by atoms with E-state index < -0.39 is 36.3 Å². The third-order valence-corrected chi connectivity index (χ3v) is 10.0. The van der Waals surface area contributed by atoms with Crippen LogP contribution in [0.5, 0.6) is 5.75 Å². The predicted molar refractivity (Wildman–Crippen MR) is 212 cm³/mol. The van der Waals surface area contributed by atoms with Gasteiger partial charge in [0.05, 0.1) is 33.5 Å². The quantitative estimate of drug-likeness (QED) is 0.0866. The molecule has 55 heavy (non-hydrogen) atoms. The number of benzene rings is 6. The van der Waals surface area contributed by atoms with E-state index in [0.29, 0.717) is 19.8 Å². The van der Waals surface area contributed by atoms with Gasteiger partial charge in [0.15, 0.2) is 6.29 Å². The lowest BCUT2D eigenvalue weighted by molar-refractivity contribution is -0.325. The van der Waals surface area contributed by atoms with Crippen molar-refractivity contribution in [3.8, 4) is 5.75 Å². The standard InChI is InChI=1S/C48H48O7/c1-49-42-30-28-38(29-31-42)34-51-44-43(35-54-48(39-22-12-5-13-23-39,40-24-14-6-15-25-40)41-26-16-7-17-27-41)55-47(50-2)46(53-33-37-20-10-4-11-21-37)45(44)52-32-36-18-8-3-9-19-36/h3-31,43-47H,32-35H2,1-2H3/t43-,44-,45+,46-,47+/m1/s1. The van der Waals surface area contributed by atoms with Crippen LogP contribution in [0, 0.1) is 0 Å². The average molecular weight is 737 g/mol. The summed E-state index contributed by atoms with van der Waals surface area (Å²) in [6, 6.07) is 59.0. The second kappa shape index (κ2) is 19.0. The van der Waals surface area contributed by atoms with Crippen LogP contribution >= 0.6 is 0 Å². The highest BCUT2D eigenvalue weighted by Gasteiger charge is 2.50. The first-order valence-electron chi connectivity index (χ1n) is 18.7. The molecule has 1 saturated heterocycles. The number of rotatable bonds is 17. The molecule has 7 nitrogen and oxygen atoms in total. The van der Waals surface area contributed by atoms with Gasteiger partial charge in [-0.3, -0.25) is 0 Å². The van der Waals surface area contributed by atoms with Crippen molar-refractivity contribution >= 4 is 0 Å². The first-order valence-corrected chi connectivity index (χ1v) is 18.7. The second-order valence-corrected chi connectivity index (χ2v) is 13.5. The lowest BCUT2D eigenvalue weighted by Gasteiger charge is -2.46. The zero-order valence-electron chi connectivity index (χ0n) is 31.3. The van der Waals surface area contributed by atoms with E-state index in [4.69, 9.17) is 33.2 Å². The maximum absolute atomic E-state index is 7.34. The van der Waals surface area contributed by atoms with Crippen molar-refractivity contribution in [2.75, 3.05) is 20.8 Å². The van der Waals surface area contributed by atoms with E-state index in [-0.39, 0.29) is 6.61 Å². The smallest absolute Gasteiger partial charge is 0.186 e. The van der Waals surface area contributed by atoms with E-state index in [1.165, 1.54) is 0 Å². The van der Waals surface area contributed by atoms with Gasteiger partial charge < -0.3 is 33.2 Å². The minimum absolute atomic E-state index is 0.141. The third-order valence-electron chi connectivity index (χ3n) is 10.0. The molecule has 1 aliphatic heterocycles. The Morgan fingerprint density at radius 1 is 0.455 bits per heavy atom. The van der Waals surface area contributed by atoms with E-state index in [1.807, 2.05) is 127 Å². The fourth-order valence-corrected chi connectivity index (χ4v) is 7.19. The highest BCUT2D eigenvalue weighted by atomic mass is 16.7. The summed E-state index contributed by atoms with van der Waals surface area (Å²) >= 11 is 0. The molecular weight excluding hydrogens is 689 g/mol. The monoisotopic (exact) mass is 736 g/mol. The summed E-state index contributed by atoms with van der Waals surface area (Å²) in [6.07, 6.45) is -3.27. The van der Waals surface area contributed by atoms with Crippen molar-refractivity contribution in [3.05, 3.63) is 209 Å². The minimum Gasteiger partial charge on any atom is -0.497 e. The van der Waals surface area contributed by atoms with Crippen molar-refractivity contribution in [1.29, 1.82) is 0 Å². The molecule has 1 heterocycles. The van der Waals surface area contributed by atoms with E-state index in [0.717, 1.165) is 39.1 Å². The number of hydrogen-bond acceptors (Lipinski definition) is 7. The van der Waals surface area contributed by atoms with Gasteiger partial charge in [-0.15, -0.1) is 0 Å². The van der Waals surface area contributed by atoms with Gasteiger partial charge in [-0.2, -0.15) is 0 Å². The number of ether oxygens (including phenoxy) is 7. The van der Waals surface area contributed by atoms with Crippen molar-refractivity contribution in [3.63, 3.8) is 0 Å². The molecule has 0 aliphatic carbocycles. The molecular formula is C48H48O7. The molecule has 0 amide bonds. The van der Waals surface area contributed by atoms with Crippen LogP contribution in [-0.4, -0.2) is 51.5 Å². The van der Waals surface area contributed by atoms with Crippen LogP contribution in [0.4, 0.5) is 0 Å². The van der Waals surface area contributed by atoms with Gasteiger partial charge in [-0.1, -0.05) is 164 Å². The van der Waals surface area contributed by atoms with Crippen molar-refractivity contribution < 1.29 is 33.2 Å². The van der Waals surface area contributed by atoms with Crippen molar-refractivity contribution in [2.45, 2.75) is 56.1 Å².